The zero-order chi connectivity index (χ0) is 24.2. The topological polar surface area (TPSA) is 99.5 Å². The predicted octanol–water partition coefficient (Wildman–Crippen LogP) is 3.01. The number of nitrogens with zero attached hydrogens (tertiary/aromatic N) is 2. The van der Waals surface area contributed by atoms with Crippen LogP contribution in [0, 0.1) is 0 Å². The molecule has 0 spiro atoms. The number of aliphatic hydroxyl groups excluding tert-OH is 1. The van der Waals surface area contributed by atoms with E-state index in [0.717, 1.165) is 69.8 Å². The lowest BCUT2D eigenvalue weighted by Crippen LogP contribution is -2.38. The SMILES string of the molecule is O=C(O)CCCCCCN1C(=O)CCC1/C=C/[C@@H](O)c1cccc(OCCN2CCOCC2)c1. The van der Waals surface area contributed by atoms with Crippen molar-refractivity contribution in [2.75, 3.05) is 46.0 Å². The highest BCUT2D eigenvalue weighted by Crippen LogP contribution is 2.24. The van der Waals surface area contributed by atoms with Crippen LogP contribution in [-0.4, -0.2) is 83.9 Å². The maximum atomic E-state index is 12.3. The Labute approximate surface area is 202 Å². The van der Waals surface area contributed by atoms with Gasteiger partial charge in [-0.25, -0.2) is 0 Å². The smallest absolute Gasteiger partial charge is 0.303 e. The number of carbonyl (C=O) groups excluding carboxylic acids is 1. The highest BCUT2D eigenvalue weighted by Gasteiger charge is 2.28. The summed E-state index contributed by atoms with van der Waals surface area (Å²) < 4.78 is 11.3. The summed E-state index contributed by atoms with van der Waals surface area (Å²) in [5, 5.41) is 19.4. The number of benzene rings is 1. The van der Waals surface area contributed by atoms with Crippen molar-refractivity contribution in [2.45, 2.75) is 57.1 Å². The molecule has 8 nitrogen and oxygen atoms in total. The zero-order valence-electron chi connectivity index (χ0n) is 19.9. The summed E-state index contributed by atoms with van der Waals surface area (Å²) in [4.78, 5) is 27.1. The van der Waals surface area contributed by atoms with E-state index in [9.17, 15) is 14.7 Å². The van der Waals surface area contributed by atoms with Crippen LogP contribution in [0.25, 0.3) is 0 Å². The molecule has 2 heterocycles. The number of carboxylic acids is 1. The van der Waals surface area contributed by atoms with Crippen molar-refractivity contribution in [1.82, 2.24) is 9.80 Å². The monoisotopic (exact) mass is 474 g/mol. The molecule has 2 aliphatic heterocycles. The lowest BCUT2D eigenvalue weighted by Gasteiger charge is -2.26. The fourth-order valence-electron chi connectivity index (χ4n) is 4.41. The third kappa shape index (κ3) is 8.74. The second-order valence-electron chi connectivity index (χ2n) is 8.96. The molecule has 0 bridgehead atoms. The van der Waals surface area contributed by atoms with E-state index in [1.54, 1.807) is 6.08 Å². The van der Waals surface area contributed by atoms with Crippen LogP contribution >= 0.6 is 0 Å². The number of carbonyl (C=O) groups is 2. The summed E-state index contributed by atoms with van der Waals surface area (Å²) in [5.41, 5.74) is 0.759. The van der Waals surface area contributed by atoms with Crippen LogP contribution in [0.4, 0.5) is 0 Å². The summed E-state index contributed by atoms with van der Waals surface area (Å²) in [7, 11) is 0. The van der Waals surface area contributed by atoms with Crippen LogP contribution in [0.1, 0.15) is 56.6 Å². The normalized spacial score (nSPS) is 20.2. The number of ether oxygens (including phenoxy) is 2. The Morgan fingerprint density at radius 1 is 1.18 bits per heavy atom. The van der Waals surface area contributed by atoms with Crippen LogP contribution in [-0.2, 0) is 14.3 Å². The fourth-order valence-corrected chi connectivity index (χ4v) is 4.41. The Morgan fingerprint density at radius 3 is 2.76 bits per heavy atom. The van der Waals surface area contributed by atoms with E-state index in [2.05, 4.69) is 4.90 Å². The number of morpholine rings is 1. The third-order valence-corrected chi connectivity index (χ3v) is 6.41. The van der Waals surface area contributed by atoms with Crippen molar-refractivity contribution in [3.05, 3.63) is 42.0 Å². The Hall–Kier alpha value is -2.42. The molecule has 34 heavy (non-hydrogen) atoms. The van der Waals surface area contributed by atoms with Crippen LogP contribution < -0.4 is 4.74 Å². The number of aliphatic hydroxyl groups is 1. The number of unbranched alkanes of at least 4 members (excludes halogenated alkanes) is 3. The minimum atomic E-state index is -0.767. The van der Waals surface area contributed by atoms with Crippen molar-refractivity contribution in [2.24, 2.45) is 0 Å². The van der Waals surface area contributed by atoms with Gasteiger partial charge in [-0.2, -0.15) is 0 Å². The fraction of sp³-hybridized carbons (Fsp3) is 0.615. The number of carboxylic acid groups (broad SMARTS) is 1. The first-order valence-corrected chi connectivity index (χ1v) is 12.4. The highest BCUT2D eigenvalue weighted by molar-refractivity contribution is 5.79. The van der Waals surface area contributed by atoms with Crippen LogP contribution in [0.2, 0.25) is 0 Å². The molecule has 2 N–H and O–H groups in total. The third-order valence-electron chi connectivity index (χ3n) is 6.41. The number of likely N-dealkylation sites (tertiary alicyclic amines) is 1. The molecule has 0 aliphatic carbocycles. The Bertz CT molecular complexity index is 808. The van der Waals surface area contributed by atoms with Crippen LogP contribution in [0.5, 0.6) is 5.75 Å². The maximum Gasteiger partial charge on any atom is 0.303 e. The van der Waals surface area contributed by atoms with Gasteiger partial charge in [-0.1, -0.05) is 37.1 Å². The van der Waals surface area contributed by atoms with E-state index < -0.39 is 12.1 Å². The van der Waals surface area contributed by atoms with Gasteiger partial charge in [0.1, 0.15) is 12.4 Å². The Morgan fingerprint density at radius 2 is 1.97 bits per heavy atom. The van der Waals surface area contributed by atoms with Gasteiger partial charge < -0.3 is 24.6 Å². The standard InChI is InChI=1S/C26H38N2O6/c29-24(21-6-5-7-23(20-21)34-19-16-27-14-17-33-18-15-27)11-9-22-10-12-25(30)28(22)13-4-2-1-3-8-26(31)32/h5-7,9,11,20,22,24,29H,1-4,8,10,12-19H2,(H,31,32)/b11-9+/t22?,24-/m1/s1. The van der Waals surface area contributed by atoms with Gasteiger partial charge in [0.05, 0.1) is 25.4 Å². The number of rotatable bonds is 14. The molecule has 2 saturated heterocycles. The molecule has 0 saturated carbocycles. The average molecular weight is 475 g/mol. The van der Waals surface area contributed by atoms with E-state index in [-0.39, 0.29) is 18.4 Å². The first-order valence-electron chi connectivity index (χ1n) is 12.4. The molecule has 1 aromatic rings. The number of aliphatic carboxylic acids is 1. The Balaban J connectivity index is 1.44. The van der Waals surface area contributed by atoms with Crippen molar-refractivity contribution < 1.29 is 29.3 Å². The minimum Gasteiger partial charge on any atom is -0.492 e. The van der Waals surface area contributed by atoms with Gasteiger partial charge in [-0.05, 0) is 37.0 Å². The summed E-state index contributed by atoms with van der Waals surface area (Å²) >= 11 is 0. The molecule has 1 unspecified atom stereocenters. The van der Waals surface area contributed by atoms with Crippen LogP contribution in [0.15, 0.2) is 36.4 Å². The number of amides is 1. The molecule has 188 valence electrons. The minimum absolute atomic E-state index is 0.00544. The molecule has 8 heteroatoms. The largest absolute Gasteiger partial charge is 0.492 e. The van der Waals surface area contributed by atoms with E-state index >= 15 is 0 Å². The second-order valence-corrected chi connectivity index (χ2v) is 8.96. The van der Waals surface area contributed by atoms with Crippen molar-refractivity contribution >= 4 is 11.9 Å². The van der Waals surface area contributed by atoms with Gasteiger partial charge in [-0.3, -0.25) is 14.5 Å². The summed E-state index contributed by atoms with van der Waals surface area (Å²) in [6.45, 7) is 5.50. The molecule has 1 amide bonds. The van der Waals surface area contributed by atoms with Gasteiger partial charge in [-0.15, -0.1) is 0 Å². The van der Waals surface area contributed by atoms with E-state index in [1.165, 1.54) is 0 Å². The lowest BCUT2D eigenvalue weighted by molar-refractivity contribution is -0.137. The first-order chi connectivity index (χ1) is 16.5. The highest BCUT2D eigenvalue weighted by atomic mass is 16.5. The van der Waals surface area contributed by atoms with Crippen LogP contribution in [0.3, 0.4) is 0 Å². The number of hydrogen-bond donors (Lipinski definition) is 2. The van der Waals surface area contributed by atoms with Gasteiger partial charge in [0.15, 0.2) is 0 Å². The van der Waals surface area contributed by atoms with Gasteiger partial charge >= 0.3 is 5.97 Å². The Kier molecular flexibility index (Phi) is 10.9. The molecule has 2 atom stereocenters. The van der Waals surface area contributed by atoms with Gasteiger partial charge in [0.2, 0.25) is 5.91 Å². The molecule has 0 radical (unpaired) electrons. The summed E-state index contributed by atoms with van der Waals surface area (Å²) in [6, 6.07) is 7.51. The van der Waals surface area contributed by atoms with E-state index in [4.69, 9.17) is 14.6 Å². The maximum absolute atomic E-state index is 12.3. The second kappa shape index (κ2) is 14.1. The predicted molar refractivity (Wildman–Crippen MR) is 129 cm³/mol. The summed E-state index contributed by atoms with van der Waals surface area (Å²) in [6.07, 6.45) is 7.72. The van der Waals surface area contributed by atoms with Gasteiger partial charge in [0.25, 0.3) is 0 Å². The quantitative estimate of drug-likeness (QED) is 0.316. The molecular weight excluding hydrogens is 436 g/mol. The molecule has 1 aromatic carbocycles. The average Bonchev–Trinajstić information content (AvgIpc) is 3.19. The number of hydrogen-bond acceptors (Lipinski definition) is 6. The van der Waals surface area contributed by atoms with E-state index in [0.29, 0.717) is 26.0 Å². The van der Waals surface area contributed by atoms with Gasteiger partial charge in [0, 0.05) is 39.0 Å². The molecule has 2 fully saturated rings. The van der Waals surface area contributed by atoms with Crippen molar-refractivity contribution in [3.63, 3.8) is 0 Å². The molecule has 2 aliphatic rings. The molecule has 0 aromatic heterocycles. The molecular formula is C26H38N2O6. The zero-order valence-corrected chi connectivity index (χ0v) is 19.9. The molecule has 3 rings (SSSR count). The van der Waals surface area contributed by atoms with Crippen molar-refractivity contribution in [1.29, 1.82) is 0 Å². The first kappa shape index (κ1) is 26.2. The summed E-state index contributed by atoms with van der Waals surface area (Å²) in [5.74, 6) is 0.118. The lowest BCUT2D eigenvalue weighted by atomic mass is 10.1. The van der Waals surface area contributed by atoms with E-state index in [1.807, 2.05) is 35.2 Å². The van der Waals surface area contributed by atoms with Crippen molar-refractivity contribution in [3.8, 4) is 5.75 Å².